The predicted molar refractivity (Wildman–Crippen MR) is 78.6 cm³/mol. The fourth-order valence-electron chi connectivity index (χ4n) is 2.12. The van der Waals surface area contributed by atoms with Crippen molar-refractivity contribution in [2.24, 2.45) is 5.84 Å². The molecule has 1 unspecified atom stereocenters. The minimum absolute atomic E-state index is 0.339. The zero-order valence-electron chi connectivity index (χ0n) is 10.7. The van der Waals surface area contributed by atoms with Gasteiger partial charge in [0.25, 0.3) is 0 Å². The number of hydrogen-bond donors (Lipinski definition) is 2. The third-order valence-electron chi connectivity index (χ3n) is 3.32. The summed E-state index contributed by atoms with van der Waals surface area (Å²) >= 11 is 1.75. The van der Waals surface area contributed by atoms with Gasteiger partial charge in [0.2, 0.25) is 0 Å². The van der Waals surface area contributed by atoms with Crippen LogP contribution in [0.2, 0.25) is 0 Å². The van der Waals surface area contributed by atoms with E-state index in [1.54, 1.807) is 11.3 Å². The number of rotatable bonds is 6. The molecule has 1 atom stereocenters. The maximum atomic E-state index is 5.66. The van der Waals surface area contributed by atoms with Crippen LogP contribution in [-0.2, 0) is 12.8 Å². The lowest BCUT2D eigenvalue weighted by Crippen LogP contribution is -2.37. The molecule has 1 aromatic carbocycles. The van der Waals surface area contributed by atoms with Gasteiger partial charge in [0.1, 0.15) is 0 Å². The molecule has 18 heavy (non-hydrogen) atoms. The van der Waals surface area contributed by atoms with E-state index in [9.17, 15) is 0 Å². The van der Waals surface area contributed by atoms with E-state index >= 15 is 0 Å². The Morgan fingerprint density at radius 3 is 2.78 bits per heavy atom. The highest BCUT2D eigenvalue weighted by Gasteiger charge is 2.09. The number of aryl methyl sites for hydroxylation is 2. The van der Waals surface area contributed by atoms with Crippen LogP contribution in [0.4, 0.5) is 0 Å². The quantitative estimate of drug-likeness (QED) is 0.619. The first-order valence-corrected chi connectivity index (χ1v) is 7.25. The molecule has 0 aliphatic heterocycles. The minimum atomic E-state index is 0.339. The second kappa shape index (κ2) is 6.69. The van der Waals surface area contributed by atoms with Crippen LogP contribution in [0.3, 0.4) is 0 Å². The topological polar surface area (TPSA) is 38.0 Å². The minimum Gasteiger partial charge on any atom is -0.271 e. The van der Waals surface area contributed by atoms with Crippen LogP contribution >= 0.6 is 11.3 Å². The first kappa shape index (κ1) is 13.3. The first-order chi connectivity index (χ1) is 8.79. The summed E-state index contributed by atoms with van der Waals surface area (Å²) in [6.07, 6.45) is 3.15. The van der Waals surface area contributed by atoms with Gasteiger partial charge < -0.3 is 0 Å². The zero-order chi connectivity index (χ0) is 12.8. The molecule has 0 amide bonds. The van der Waals surface area contributed by atoms with E-state index in [4.69, 9.17) is 5.84 Å². The van der Waals surface area contributed by atoms with E-state index in [-0.39, 0.29) is 0 Å². The molecule has 2 aromatic rings. The molecule has 3 N–H and O–H groups in total. The molecule has 0 fully saturated rings. The second-order valence-corrected chi connectivity index (χ2v) is 5.44. The Bertz CT molecular complexity index is 465. The molecule has 1 heterocycles. The summed E-state index contributed by atoms with van der Waals surface area (Å²) in [5.41, 5.74) is 7.07. The van der Waals surface area contributed by atoms with Crippen LogP contribution in [0, 0.1) is 6.92 Å². The SMILES string of the molecule is Cc1ccccc1CC(CCc1ccsc1)NN. The van der Waals surface area contributed by atoms with Crippen LogP contribution in [0.1, 0.15) is 23.1 Å². The molecule has 0 bridgehead atoms. The van der Waals surface area contributed by atoms with Crippen molar-refractivity contribution in [3.63, 3.8) is 0 Å². The number of thiophene rings is 1. The lowest BCUT2D eigenvalue weighted by atomic mass is 9.97. The van der Waals surface area contributed by atoms with Crippen molar-refractivity contribution in [3.05, 3.63) is 57.8 Å². The van der Waals surface area contributed by atoms with Crippen molar-refractivity contribution in [2.45, 2.75) is 32.2 Å². The fraction of sp³-hybridized carbons (Fsp3) is 0.333. The van der Waals surface area contributed by atoms with Crippen LogP contribution in [0.15, 0.2) is 41.1 Å². The number of benzene rings is 1. The lowest BCUT2D eigenvalue weighted by Gasteiger charge is -2.16. The number of hydrazine groups is 1. The summed E-state index contributed by atoms with van der Waals surface area (Å²) in [5, 5.41) is 4.34. The molecule has 0 saturated heterocycles. The predicted octanol–water partition coefficient (Wildman–Crippen LogP) is 3.06. The molecule has 2 nitrogen and oxygen atoms in total. The van der Waals surface area contributed by atoms with Crippen LogP contribution in [0.25, 0.3) is 0 Å². The normalized spacial score (nSPS) is 12.6. The smallest absolute Gasteiger partial charge is 0.0254 e. The van der Waals surface area contributed by atoms with Crippen molar-refractivity contribution in [3.8, 4) is 0 Å². The molecule has 96 valence electrons. The molecule has 1 aromatic heterocycles. The van der Waals surface area contributed by atoms with E-state index in [1.165, 1.54) is 16.7 Å². The lowest BCUT2D eigenvalue weighted by molar-refractivity contribution is 0.491. The molecular formula is C15H20N2S. The number of hydrogen-bond acceptors (Lipinski definition) is 3. The summed E-state index contributed by atoms with van der Waals surface area (Å²) in [6, 6.07) is 11.0. The molecule has 0 aliphatic carbocycles. The highest BCUT2D eigenvalue weighted by atomic mass is 32.1. The van der Waals surface area contributed by atoms with E-state index < -0.39 is 0 Å². The van der Waals surface area contributed by atoms with Gasteiger partial charge in [0.15, 0.2) is 0 Å². The second-order valence-electron chi connectivity index (χ2n) is 4.66. The molecule has 3 heteroatoms. The van der Waals surface area contributed by atoms with E-state index in [0.717, 1.165) is 19.3 Å². The molecule has 0 radical (unpaired) electrons. The van der Waals surface area contributed by atoms with E-state index in [2.05, 4.69) is 53.4 Å². The molecule has 0 spiro atoms. The van der Waals surface area contributed by atoms with Gasteiger partial charge in [-0.3, -0.25) is 11.3 Å². The summed E-state index contributed by atoms with van der Waals surface area (Å²) in [7, 11) is 0. The first-order valence-electron chi connectivity index (χ1n) is 6.31. The zero-order valence-corrected chi connectivity index (χ0v) is 11.5. The molecule has 2 rings (SSSR count). The van der Waals surface area contributed by atoms with E-state index in [1.807, 2.05) is 0 Å². The van der Waals surface area contributed by atoms with Crippen LogP contribution in [0.5, 0.6) is 0 Å². The maximum absolute atomic E-state index is 5.66. The summed E-state index contributed by atoms with van der Waals surface area (Å²) in [6.45, 7) is 2.15. The third kappa shape index (κ3) is 3.67. The molecule has 0 aliphatic rings. The summed E-state index contributed by atoms with van der Waals surface area (Å²) in [5.74, 6) is 5.66. The number of nitrogens with two attached hydrogens (primary N) is 1. The average molecular weight is 260 g/mol. The van der Waals surface area contributed by atoms with Gasteiger partial charge in [0.05, 0.1) is 0 Å². The van der Waals surface area contributed by atoms with E-state index in [0.29, 0.717) is 6.04 Å². The van der Waals surface area contributed by atoms with Crippen LogP contribution < -0.4 is 11.3 Å². The van der Waals surface area contributed by atoms with Crippen molar-refractivity contribution in [1.29, 1.82) is 0 Å². The molecular weight excluding hydrogens is 240 g/mol. The Balaban J connectivity index is 1.91. The van der Waals surface area contributed by atoms with Gasteiger partial charge in [-0.25, -0.2) is 0 Å². The highest BCUT2D eigenvalue weighted by Crippen LogP contribution is 2.14. The molecule has 0 saturated carbocycles. The standard InChI is InChI=1S/C15H20N2S/c1-12-4-2-3-5-14(12)10-15(17-16)7-6-13-8-9-18-11-13/h2-5,8-9,11,15,17H,6-7,10,16H2,1H3. The van der Waals surface area contributed by atoms with Gasteiger partial charge in [-0.05, 0) is 59.7 Å². The Hall–Kier alpha value is -1.16. The van der Waals surface area contributed by atoms with Crippen molar-refractivity contribution >= 4 is 11.3 Å². The number of nitrogens with one attached hydrogen (secondary N) is 1. The Labute approximate surface area is 113 Å². The Kier molecular flexibility index (Phi) is 4.93. The monoisotopic (exact) mass is 260 g/mol. The van der Waals surface area contributed by atoms with Gasteiger partial charge in [-0.15, -0.1) is 0 Å². The maximum Gasteiger partial charge on any atom is 0.0254 e. The largest absolute Gasteiger partial charge is 0.271 e. The average Bonchev–Trinajstić information content (AvgIpc) is 2.90. The Morgan fingerprint density at radius 2 is 2.11 bits per heavy atom. The third-order valence-corrected chi connectivity index (χ3v) is 4.06. The van der Waals surface area contributed by atoms with Gasteiger partial charge in [-0.1, -0.05) is 24.3 Å². The highest BCUT2D eigenvalue weighted by molar-refractivity contribution is 7.07. The summed E-state index contributed by atoms with van der Waals surface area (Å²) in [4.78, 5) is 0. The van der Waals surface area contributed by atoms with Crippen molar-refractivity contribution in [1.82, 2.24) is 5.43 Å². The Morgan fingerprint density at radius 1 is 1.28 bits per heavy atom. The fourth-order valence-corrected chi connectivity index (χ4v) is 2.83. The van der Waals surface area contributed by atoms with Gasteiger partial charge in [0, 0.05) is 6.04 Å². The van der Waals surface area contributed by atoms with Gasteiger partial charge in [-0.2, -0.15) is 11.3 Å². The van der Waals surface area contributed by atoms with Gasteiger partial charge >= 0.3 is 0 Å². The van der Waals surface area contributed by atoms with Crippen molar-refractivity contribution in [2.75, 3.05) is 0 Å². The van der Waals surface area contributed by atoms with Crippen molar-refractivity contribution < 1.29 is 0 Å². The van der Waals surface area contributed by atoms with Crippen LogP contribution in [-0.4, -0.2) is 6.04 Å². The summed E-state index contributed by atoms with van der Waals surface area (Å²) < 4.78 is 0.